The number of carboxylic acids is 1. The minimum Gasteiger partial charge on any atom is -0.477 e. The standard InChI is InChI=1S/C15H9ClN2O2S/c16-11-3-1-9(2-4-11)12-13(15(19)20)21-14(18-12)10-5-7-17-8-6-10/h1-8H,(H,19,20). The van der Waals surface area contributed by atoms with Gasteiger partial charge < -0.3 is 5.11 Å². The molecule has 0 saturated heterocycles. The Labute approximate surface area is 129 Å². The second-order valence-electron chi connectivity index (χ2n) is 4.24. The van der Waals surface area contributed by atoms with Gasteiger partial charge in [-0.1, -0.05) is 23.7 Å². The van der Waals surface area contributed by atoms with E-state index in [0.717, 1.165) is 22.5 Å². The summed E-state index contributed by atoms with van der Waals surface area (Å²) in [5, 5.41) is 10.6. The smallest absolute Gasteiger partial charge is 0.348 e. The maximum atomic E-state index is 11.4. The molecule has 1 N–H and O–H groups in total. The highest BCUT2D eigenvalue weighted by atomic mass is 35.5. The molecule has 0 amide bonds. The first-order valence-corrected chi connectivity index (χ1v) is 7.25. The molecule has 0 bridgehead atoms. The van der Waals surface area contributed by atoms with Crippen molar-refractivity contribution in [3.05, 3.63) is 58.7 Å². The van der Waals surface area contributed by atoms with Gasteiger partial charge >= 0.3 is 5.97 Å². The lowest BCUT2D eigenvalue weighted by Gasteiger charge is -1.99. The number of carbonyl (C=O) groups is 1. The Morgan fingerprint density at radius 2 is 1.71 bits per heavy atom. The lowest BCUT2D eigenvalue weighted by Crippen LogP contribution is -1.95. The van der Waals surface area contributed by atoms with Gasteiger partial charge in [-0.05, 0) is 24.3 Å². The van der Waals surface area contributed by atoms with Crippen molar-refractivity contribution in [1.82, 2.24) is 9.97 Å². The molecule has 6 heteroatoms. The predicted octanol–water partition coefficient (Wildman–Crippen LogP) is 4.22. The van der Waals surface area contributed by atoms with Crippen molar-refractivity contribution in [2.24, 2.45) is 0 Å². The topological polar surface area (TPSA) is 63.1 Å². The van der Waals surface area contributed by atoms with Gasteiger partial charge in [0.1, 0.15) is 9.88 Å². The first-order valence-electron chi connectivity index (χ1n) is 6.05. The summed E-state index contributed by atoms with van der Waals surface area (Å²) >= 11 is 7.01. The molecule has 0 saturated carbocycles. The van der Waals surface area contributed by atoms with Crippen LogP contribution >= 0.6 is 22.9 Å². The number of nitrogens with zero attached hydrogens (tertiary/aromatic N) is 2. The molecule has 0 spiro atoms. The van der Waals surface area contributed by atoms with Gasteiger partial charge in [0.15, 0.2) is 0 Å². The number of benzene rings is 1. The Kier molecular flexibility index (Phi) is 3.68. The molecule has 1 aromatic carbocycles. The summed E-state index contributed by atoms with van der Waals surface area (Å²) in [4.78, 5) is 20.1. The number of aromatic nitrogens is 2. The third kappa shape index (κ3) is 2.79. The summed E-state index contributed by atoms with van der Waals surface area (Å²) in [6, 6.07) is 10.6. The number of carboxylic acid groups (broad SMARTS) is 1. The van der Waals surface area contributed by atoms with Crippen molar-refractivity contribution in [3.63, 3.8) is 0 Å². The maximum Gasteiger partial charge on any atom is 0.348 e. The minimum atomic E-state index is -0.988. The van der Waals surface area contributed by atoms with Crippen LogP contribution in [-0.2, 0) is 0 Å². The van der Waals surface area contributed by atoms with Crippen LogP contribution in [0.4, 0.5) is 0 Å². The van der Waals surface area contributed by atoms with Crippen LogP contribution in [0, 0.1) is 0 Å². The van der Waals surface area contributed by atoms with E-state index in [1.807, 2.05) is 0 Å². The first kappa shape index (κ1) is 13.7. The van der Waals surface area contributed by atoms with Crippen LogP contribution in [0.5, 0.6) is 0 Å². The molecule has 0 aliphatic rings. The van der Waals surface area contributed by atoms with Gasteiger partial charge in [-0.2, -0.15) is 0 Å². The summed E-state index contributed by atoms with van der Waals surface area (Å²) in [5.41, 5.74) is 2.03. The summed E-state index contributed by atoms with van der Waals surface area (Å²) in [7, 11) is 0. The Morgan fingerprint density at radius 1 is 1.05 bits per heavy atom. The van der Waals surface area contributed by atoms with Crippen molar-refractivity contribution >= 4 is 28.9 Å². The molecule has 3 aromatic rings. The minimum absolute atomic E-state index is 0.212. The maximum absolute atomic E-state index is 11.4. The van der Waals surface area contributed by atoms with E-state index in [2.05, 4.69) is 9.97 Å². The molecule has 21 heavy (non-hydrogen) atoms. The van der Waals surface area contributed by atoms with Crippen LogP contribution in [0.3, 0.4) is 0 Å². The Morgan fingerprint density at radius 3 is 2.33 bits per heavy atom. The molecule has 2 heterocycles. The Balaban J connectivity index is 2.14. The van der Waals surface area contributed by atoms with E-state index in [9.17, 15) is 9.90 Å². The summed E-state index contributed by atoms with van der Waals surface area (Å²) < 4.78 is 0. The van der Waals surface area contributed by atoms with Gasteiger partial charge in [0.25, 0.3) is 0 Å². The molecule has 0 unspecified atom stereocenters. The van der Waals surface area contributed by atoms with Crippen molar-refractivity contribution in [2.45, 2.75) is 0 Å². The zero-order valence-corrected chi connectivity index (χ0v) is 12.2. The van der Waals surface area contributed by atoms with Gasteiger partial charge in [0, 0.05) is 28.5 Å². The number of rotatable bonds is 3. The van der Waals surface area contributed by atoms with E-state index in [-0.39, 0.29) is 4.88 Å². The van der Waals surface area contributed by atoms with E-state index >= 15 is 0 Å². The van der Waals surface area contributed by atoms with Crippen LogP contribution in [0.15, 0.2) is 48.8 Å². The molecule has 0 fully saturated rings. The highest BCUT2D eigenvalue weighted by Gasteiger charge is 2.19. The summed E-state index contributed by atoms with van der Waals surface area (Å²) in [5.74, 6) is -0.988. The van der Waals surface area contributed by atoms with E-state index in [4.69, 9.17) is 11.6 Å². The lowest BCUT2D eigenvalue weighted by atomic mass is 10.1. The van der Waals surface area contributed by atoms with Gasteiger partial charge in [0.05, 0.1) is 5.69 Å². The molecule has 104 valence electrons. The molecule has 3 rings (SSSR count). The first-order chi connectivity index (χ1) is 10.1. The molecule has 0 atom stereocenters. The average molecular weight is 317 g/mol. The number of hydrogen-bond donors (Lipinski definition) is 1. The number of pyridine rings is 1. The summed E-state index contributed by atoms with van der Waals surface area (Å²) in [6.45, 7) is 0. The van der Waals surface area contributed by atoms with Crippen molar-refractivity contribution in [2.75, 3.05) is 0 Å². The van der Waals surface area contributed by atoms with E-state index in [1.54, 1.807) is 48.8 Å². The van der Waals surface area contributed by atoms with Crippen LogP contribution in [0.25, 0.3) is 21.8 Å². The van der Waals surface area contributed by atoms with E-state index < -0.39 is 5.97 Å². The Hall–Kier alpha value is -2.24. The van der Waals surface area contributed by atoms with Gasteiger partial charge in [0.2, 0.25) is 0 Å². The normalized spacial score (nSPS) is 10.5. The van der Waals surface area contributed by atoms with Crippen molar-refractivity contribution in [1.29, 1.82) is 0 Å². The zero-order valence-electron chi connectivity index (χ0n) is 10.7. The largest absolute Gasteiger partial charge is 0.477 e. The molecule has 0 radical (unpaired) electrons. The highest BCUT2D eigenvalue weighted by molar-refractivity contribution is 7.17. The van der Waals surface area contributed by atoms with E-state index in [0.29, 0.717) is 15.7 Å². The molecular formula is C15H9ClN2O2S. The molecular weight excluding hydrogens is 308 g/mol. The number of thiazole rings is 1. The number of halogens is 1. The highest BCUT2D eigenvalue weighted by Crippen LogP contribution is 2.34. The quantitative estimate of drug-likeness (QED) is 0.785. The van der Waals surface area contributed by atoms with Gasteiger partial charge in [-0.3, -0.25) is 4.98 Å². The molecule has 2 aromatic heterocycles. The fourth-order valence-electron chi connectivity index (χ4n) is 1.89. The lowest BCUT2D eigenvalue weighted by molar-refractivity contribution is 0.0702. The Bertz CT molecular complexity index is 785. The SMILES string of the molecule is O=C(O)c1sc(-c2ccncc2)nc1-c1ccc(Cl)cc1. The van der Waals surface area contributed by atoms with Gasteiger partial charge in [-0.25, -0.2) is 9.78 Å². The van der Waals surface area contributed by atoms with Crippen LogP contribution in [0.1, 0.15) is 9.67 Å². The number of hydrogen-bond acceptors (Lipinski definition) is 4. The van der Waals surface area contributed by atoms with Crippen molar-refractivity contribution < 1.29 is 9.90 Å². The second kappa shape index (κ2) is 5.63. The van der Waals surface area contributed by atoms with Crippen LogP contribution < -0.4 is 0 Å². The predicted molar refractivity (Wildman–Crippen MR) is 82.8 cm³/mol. The monoisotopic (exact) mass is 316 g/mol. The fourth-order valence-corrected chi connectivity index (χ4v) is 2.94. The third-order valence-electron chi connectivity index (χ3n) is 2.87. The van der Waals surface area contributed by atoms with Crippen LogP contribution in [0.2, 0.25) is 5.02 Å². The third-order valence-corrected chi connectivity index (χ3v) is 4.21. The van der Waals surface area contributed by atoms with Crippen molar-refractivity contribution in [3.8, 4) is 21.8 Å². The molecule has 4 nitrogen and oxygen atoms in total. The van der Waals surface area contributed by atoms with E-state index in [1.165, 1.54) is 0 Å². The second-order valence-corrected chi connectivity index (χ2v) is 5.68. The zero-order chi connectivity index (χ0) is 14.8. The number of aromatic carboxylic acids is 1. The van der Waals surface area contributed by atoms with Gasteiger partial charge in [-0.15, -0.1) is 11.3 Å². The molecule has 0 aliphatic carbocycles. The van der Waals surface area contributed by atoms with Crippen LogP contribution in [-0.4, -0.2) is 21.0 Å². The fraction of sp³-hybridized carbons (Fsp3) is 0. The summed E-state index contributed by atoms with van der Waals surface area (Å²) in [6.07, 6.45) is 3.30. The molecule has 0 aliphatic heterocycles. The average Bonchev–Trinajstić information content (AvgIpc) is 2.94.